The van der Waals surface area contributed by atoms with Gasteiger partial charge < -0.3 is 15.3 Å². The lowest BCUT2D eigenvalue weighted by molar-refractivity contribution is -0.117. The molecule has 0 spiro atoms. The number of oxazole rings is 1. The van der Waals surface area contributed by atoms with Gasteiger partial charge in [-0.05, 0) is 12.1 Å². The third kappa shape index (κ3) is 2.20. The Bertz CT molecular complexity index is 474. The van der Waals surface area contributed by atoms with E-state index < -0.39 is 12.0 Å². The van der Waals surface area contributed by atoms with E-state index in [-0.39, 0.29) is 12.3 Å². The van der Waals surface area contributed by atoms with Gasteiger partial charge in [0.1, 0.15) is 11.6 Å². The largest absolute Gasteiger partial charge is 0.438 e. The Morgan fingerprint density at radius 3 is 3.00 bits per heavy atom. The van der Waals surface area contributed by atoms with Crippen LogP contribution < -0.4 is 5.73 Å². The predicted molar refractivity (Wildman–Crippen MR) is 57.1 cm³/mol. The minimum Gasteiger partial charge on any atom is -0.438 e. The third-order valence-corrected chi connectivity index (χ3v) is 2.11. The fourth-order valence-corrected chi connectivity index (χ4v) is 1.35. The van der Waals surface area contributed by atoms with E-state index in [1.165, 1.54) is 6.42 Å². The first kappa shape index (κ1) is 10.6. The summed E-state index contributed by atoms with van der Waals surface area (Å²) in [6.07, 6.45) is 0.326. The van der Waals surface area contributed by atoms with Gasteiger partial charge in [0.25, 0.3) is 0 Å². The molecule has 83 valence electrons. The molecule has 1 aromatic carbocycles. The molecule has 0 saturated carbocycles. The Labute approximate surface area is 91.9 Å². The van der Waals surface area contributed by atoms with Crippen molar-refractivity contribution in [3.05, 3.63) is 36.6 Å². The molecular weight excluding hydrogens is 208 g/mol. The molecule has 0 bridgehead atoms. The van der Waals surface area contributed by atoms with Crippen molar-refractivity contribution in [2.24, 2.45) is 5.73 Å². The number of benzene rings is 1. The zero-order valence-electron chi connectivity index (χ0n) is 8.46. The number of nitrogens with two attached hydrogens (primary N) is 1. The lowest BCUT2D eigenvalue weighted by Gasteiger charge is -2.02. The zero-order valence-corrected chi connectivity index (χ0v) is 8.46. The van der Waals surface area contributed by atoms with E-state index >= 15 is 0 Å². The number of carbonyl (C=O) groups is 1. The molecule has 1 aromatic heterocycles. The minimum atomic E-state index is -1.01. The molecule has 2 rings (SSSR count). The van der Waals surface area contributed by atoms with Gasteiger partial charge in [0.2, 0.25) is 11.8 Å². The van der Waals surface area contributed by atoms with E-state index in [4.69, 9.17) is 10.2 Å². The summed E-state index contributed by atoms with van der Waals surface area (Å²) in [6, 6.07) is 7.18. The number of aliphatic hydroxyl groups is 1. The first-order valence-corrected chi connectivity index (χ1v) is 4.82. The molecule has 1 atom stereocenters. The van der Waals surface area contributed by atoms with Crippen molar-refractivity contribution in [3.8, 4) is 0 Å². The third-order valence-electron chi connectivity index (χ3n) is 2.11. The maximum Gasteiger partial charge on any atom is 0.224 e. The van der Waals surface area contributed by atoms with Crippen LogP contribution in [-0.4, -0.2) is 16.0 Å². The van der Waals surface area contributed by atoms with Crippen LogP contribution in [-0.2, 0) is 4.79 Å². The molecular formula is C11H11N2O3. The van der Waals surface area contributed by atoms with Crippen molar-refractivity contribution in [2.75, 3.05) is 0 Å². The van der Waals surface area contributed by atoms with Crippen LogP contribution >= 0.6 is 0 Å². The van der Waals surface area contributed by atoms with Crippen molar-refractivity contribution in [2.45, 2.75) is 12.5 Å². The van der Waals surface area contributed by atoms with Gasteiger partial charge in [0.05, 0.1) is 0 Å². The molecule has 1 amide bonds. The molecule has 0 fully saturated rings. The zero-order chi connectivity index (χ0) is 11.5. The summed E-state index contributed by atoms with van der Waals surface area (Å²) >= 11 is 0. The maximum absolute atomic E-state index is 10.5. The van der Waals surface area contributed by atoms with Crippen molar-refractivity contribution in [3.63, 3.8) is 0 Å². The maximum atomic E-state index is 10.5. The number of nitrogens with zero attached hydrogens (tertiary/aromatic N) is 1. The number of fused-ring (bicyclic) bond motifs is 1. The van der Waals surface area contributed by atoms with Crippen LogP contribution in [0.2, 0.25) is 0 Å². The molecule has 16 heavy (non-hydrogen) atoms. The highest BCUT2D eigenvalue weighted by Crippen LogP contribution is 2.21. The van der Waals surface area contributed by atoms with Crippen LogP contribution in [0.4, 0.5) is 0 Å². The fraction of sp³-hybridized carbons (Fsp3) is 0.182. The summed E-state index contributed by atoms with van der Waals surface area (Å²) in [5.41, 5.74) is 6.23. The van der Waals surface area contributed by atoms with Crippen LogP contribution in [0, 0.1) is 6.42 Å². The normalized spacial score (nSPS) is 12.8. The topological polar surface area (TPSA) is 89.4 Å². The van der Waals surface area contributed by atoms with Crippen molar-refractivity contribution in [1.82, 2.24) is 4.98 Å². The highest BCUT2D eigenvalue weighted by Gasteiger charge is 2.15. The summed E-state index contributed by atoms with van der Waals surface area (Å²) < 4.78 is 5.32. The number of primary amides is 1. The summed E-state index contributed by atoms with van der Waals surface area (Å²) in [4.78, 5) is 14.6. The standard InChI is InChI=1S/C11H11N2O3/c12-10(15)6-5-8(14)11-13-7-3-1-2-4-9(7)16-11/h1-5,8,14H,6H2,(H2,12,15)/t8-/m0/s1. The first-order valence-electron chi connectivity index (χ1n) is 4.82. The molecule has 1 heterocycles. The van der Waals surface area contributed by atoms with Crippen LogP contribution in [0.5, 0.6) is 0 Å². The van der Waals surface area contributed by atoms with E-state index in [0.717, 1.165) is 0 Å². The fourth-order valence-electron chi connectivity index (χ4n) is 1.35. The summed E-state index contributed by atoms with van der Waals surface area (Å²) in [5, 5.41) is 9.65. The number of rotatable bonds is 4. The molecule has 0 aliphatic heterocycles. The second-order valence-corrected chi connectivity index (χ2v) is 3.37. The van der Waals surface area contributed by atoms with Gasteiger partial charge in [0.15, 0.2) is 5.58 Å². The van der Waals surface area contributed by atoms with Crippen LogP contribution in [0.15, 0.2) is 28.7 Å². The summed E-state index contributed by atoms with van der Waals surface area (Å²) in [7, 11) is 0. The number of para-hydroxylation sites is 2. The molecule has 3 N–H and O–H groups in total. The average molecular weight is 219 g/mol. The van der Waals surface area contributed by atoms with Crippen LogP contribution in [0.3, 0.4) is 0 Å². The van der Waals surface area contributed by atoms with Gasteiger partial charge in [0, 0.05) is 12.8 Å². The molecule has 1 radical (unpaired) electrons. The highest BCUT2D eigenvalue weighted by molar-refractivity contribution is 5.75. The van der Waals surface area contributed by atoms with Crippen molar-refractivity contribution < 1.29 is 14.3 Å². The number of hydrogen-bond donors (Lipinski definition) is 2. The van der Waals surface area contributed by atoms with Gasteiger partial charge in [-0.1, -0.05) is 12.1 Å². The van der Waals surface area contributed by atoms with Gasteiger partial charge >= 0.3 is 0 Å². The second-order valence-electron chi connectivity index (χ2n) is 3.37. The monoisotopic (exact) mass is 219 g/mol. The molecule has 2 aromatic rings. The molecule has 0 unspecified atom stereocenters. The Morgan fingerprint density at radius 1 is 1.56 bits per heavy atom. The van der Waals surface area contributed by atoms with E-state index in [9.17, 15) is 9.90 Å². The van der Waals surface area contributed by atoms with E-state index in [2.05, 4.69) is 4.98 Å². The number of carbonyl (C=O) groups excluding carboxylic acids is 1. The van der Waals surface area contributed by atoms with Crippen LogP contribution in [0.25, 0.3) is 11.1 Å². The SMILES string of the molecule is NC(=O)C[CH][C@H](O)c1nc2ccccc2o1. The van der Waals surface area contributed by atoms with Gasteiger partial charge in [-0.2, -0.15) is 0 Å². The van der Waals surface area contributed by atoms with E-state index in [0.29, 0.717) is 11.1 Å². The quantitative estimate of drug-likeness (QED) is 0.800. The molecule has 0 aliphatic rings. The Hall–Kier alpha value is -1.88. The van der Waals surface area contributed by atoms with Crippen molar-refractivity contribution in [1.29, 1.82) is 0 Å². The van der Waals surface area contributed by atoms with E-state index in [1.807, 2.05) is 12.1 Å². The van der Waals surface area contributed by atoms with Gasteiger partial charge in [-0.3, -0.25) is 4.79 Å². The Kier molecular flexibility index (Phi) is 2.87. The number of aliphatic hydroxyl groups excluding tert-OH is 1. The second kappa shape index (κ2) is 4.32. The molecule has 5 heteroatoms. The number of amides is 1. The minimum absolute atomic E-state index is 0.0140. The van der Waals surface area contributed by atoms with Crippen molar-refractivity contribution >= 4 is 17.0 Å². The number of aromatic nitrogens is 1. The number of hydrogen-bond acceptors (Lipinski definition) is 4. The van der Waals surface area contributed by atoms with Gasteiger partial charge in [-0.15, -0.1) is 0 Å². The smallest absolute Gasteiger partial charge is 0.224 e. The van der Waals surface area contributed by atoms with Crippen LogP contribution in [0.1, 0.15) is 18.4 Å². The highest BCUT2D eigenvalue weighted by atomic mass is 16.4. The first-order chi connectivity index (χ1) is 7.66. The Morgan fingerprint density at radius 2 is 2.31 bits per heavy atom. The summed E-state index contributed by atoms with van der Waals surface area (Å²) in [6.45, 7) is 0. The molecule has 0 saturated heterocycles. The lowest BCUT2D eigenvalue weighted by Crippen LogP contribution is -2.12. The Balaban J connectivity index is 2.16. The lowest BCUT2D eigenvalue weighted by atomic mass is 10.2. The van der Waals surface area contributed by atoms with E-state index in [1.54, 1.807) is 12.1 Å². The van der Waals surface area contributed by atoms with Gasteiger partial charge in [-0.25, -0.2) is 4.98 Å². The average Bonchev–Trinajstić information content (AvgIpc) is 2.69. The predicted octanol–water partition coefficient (Wildman–Crippen LogP) is 0.941. The molecule has 0 aliphatic carbocycles. The summed E-state index contributed by atoms with van der Waals surface area (Å²) in [5.74, 6) is -0.336. The molecule has 5 nitrogen and oxygen atoms in total.